The Morgan fingerprint density at radius 2 is 2.29 bits per heavy atom. The number of carbonyl (C=O) groups excluding carboxylic acids is 1. The maximum Gasteiger partial charge on any atom is 0.257 e. The highest BCUT2D eigenvalue weighted by atomic mass is 35.5. The molecule has 0 atom stereocenters. The lowest BCUT2D eigenvalue weighted by Gasteiger charge is -2.21. The lowest BCUT2D eigenvalue weighted by Crippen LogP contribution is -2.34. The molecule has 1 amide bonds. The van der Waals surface area contributed by atoms with E-state index >= 15 is 0 Å². The largest absolute Gasteiger partial charge is 0.380 e. The van der Waals surface area contributed by atoms with Crippen LogP contribution in [0.3, 0.4) is 0 Å². The summed E-state index contributed by atoms with van der Waals surface area (Å²) in [5.41, 5.74) is 0.438. The molecule has 0 fully saturated rings. The highest BCUT2D eigenvalue weighted by Gasteiger charge is 2.16. The fourth-order valence-corrected chi connectivity index (χ4v) is 1.61. The highest BCUT2D eigenvalue weighted by molar-refractivity contribution is 6.33. The third kappa shape index (κ3) is 3.98. The fraction of sp³-hybridized carbons (Fsp3) is 0.500. The number of hydrogen-bond donors (Lipinski definition) is 0. The Balaban J connectivity index is 2.69. The Morgan fingerprint density at radius 3 is 2.88 bits per heavy atom. The molecule has 17 heavy (non-hydrogen) atoms. The van der Waals surface area contributed by atoms with Gasteiger partial charge in [0.1, 0.15) is 0 Å². The predicted octanol–water partition coefficient (Wildman–Crippen LogP) is 2.23. The first-order chi connectivity index (χ1) is 8.20. The zero-order valence-electron chi connectivity index (χ0n) is 10.1. The summed E-state index contributed by atoms with van der Waals surface area (Å²) in [6, 6.07) is 1.62. The molecule has 1 aromatic rings. The van der Waals surface area contributed by atoms with Crippen LogP contribution in [0.2, 0.25) is 5.02 Å². The van der Waals surface area contributed by atoms with E-state index in [4.69, 9.17) is 16.3 Å². The van der Waals surface area contributed by atoms with Gasteiger partial charge in [0.15, 0.2) is 0 Å². The van der Waals surface area contributed by atoms with Gasteiger partial charge in [-0.15, -0.1) is 0 Å². The number of nitrogens with zero attached hydrogens (tertiary/aromatic N) is 2. The summed E-state index contributed by atoms with van der Waals surface area (Å²) in [6.07, 6.45) is 3.06. The van der Waals surface area contributed by atoms with Crippen molar-refractivity contribution in [1.29, 1.82) is 0 Å². The Hall–Kier alpha value is -1.13. The van der Waals surface area contributed by atoms with Crippen molar-refractivity contribution in [3.8, 4) is 0 Å². The van der Waals surface area contributed by atoms with E-state index in [0.717, 1.165) is 0 Å². The zero-order chi connectivity index (χ0) is 12.7. The van der Waals surface area contributed by atoms with E-state index in [0.29, 0.717) is 36.9 Å². The molecule has 0 saturated carbocycles. The van der Waals surface area contributed by atoms with Gasteiger partial charge in [0.05, 0.1) is 17.2 Å². The molecule has 0 bridgehead atoms. The van der Waals surface area contributed by atoms with Gasteiger partial charge < -0.3 is 9.64 Å². The predicted molar refractivity (Wildman–Crippen MR) is 67.3 cm³/mol. The summed E-state index contributed by atoms with van der Waals surface area (Å²) < 4.78 is 5.24. The average Bonchev–Trinajstić information content (AvgIpc) is 2.35. The van der Waals surface area contributed by atoms with Crippen molar-refractivity contribution in [2.75, 3.05) is 26.3 Å². The number of rotatable bonds is 6. The van der Waals surface area contributed by atoms with Gasteiger partial charge in [0.25, 0.3) is 5.91 Å². The van der Waals surface area contributed by atoms with Crippen LogP contribution in [0, 0.1) is 0 Å². The number of aromatic nitrogens is 1. The normalized spacial score (nSPS) is 10.3. The van der Waals surface area contributed by atoms with Crippen LogP contribution in [0.1, 0.15) is 24.2 Å². The molecule has 0 saturated heterocycles. The molecule has 0 spiro atoms. The molecule has 4 nitrogen and oxygen atoms in total. The average molecular weight is 257 g/mol. The van der Waals surface area contributed by atoms with Crippen molar-refractivity contribution in [3.05, 3.63) is 29.0 Å². The number of likely N-dealkylation sites (N-methyl/N-ethyl adjacent to an activating group) is 1. The quantitative estimate of drug-likeness (QED) is 0.733. The molecule has 1 aromatic heterocycles. The summed E-state index contributed by atoms with van der Waals surface area (Å²) in [5, 5.41) is 0.430. The topological polar surface area (TPSA) is 42.4 Å². The monoisotopic (exact) mass is 256 g/mol. The van der Waals surface area contributed by atoms with Crippen LogP contribution in [0.4, 0.5) is 0 Å². The molecule has 0 aromatic carbocycles. The van der Waals surface area contributed by atoms with Gasteiger partial charge in [-0.05, 0) is 19.9 Å². The Kier molecular flexibility index (Phi) is 5.94. The van der Waals surface area contributed by atoms with Crippen LogP contribution >= 0.6 is 11.6 Å². The SMILES string of the molecule is CCOCCN(CC)C(=O)c1cnccc1Cl. The van der Waals surface area contributed by atoms with Gasteiger partial charge in [-0.3, -0.25) is 9.78 Å². The third-order valence-electron chi connectivity index (χ3n) is 2.38. The second-order valence-corrected chi connectivity index (χ2v) is 3.84. The van der Waals surface area contributed by atoms with Crippen LogP contribution in [0.5, 0.6) is 0 Å². The number of ether oxygens (including phenoxy) is 1. The van der Waals surface area contributed by atoms with Crippen molar-refractivity contribution in [1.82, 2.24) is 9.88 Å². The van der Waals surface area contributed by atoms with Crippen LogP contribution in [-0.4, -0.2) is 42.1 Å². The molecular formula is C12H17ClN2O2. The molecule has 1 rings (SSSR count). The number of carbonyl (C=O) groups is 1. The summed E-state index contributed by atoms with van der Waals surface area (Å²) in [7, 11) is 0. The van der Waals surface area contributed by atoms with E-state index in [1.807, 2.05) is 13.8 Å². The first kappa shape index (κ1) is 13.9. The molecule has 0 radical (unpaired) electrons. The molecule has 5 heteroatoms. The Morgan fingerprint density at radius 1 is 1.53 bits per heavy atom. The minimum Gasteiger partial charge on any atom is -0.380 e. The van der Waals surface area contributed by atoms with Gasteiger partial charge in [0, 0.05) is 32.1 Å². The first-order valence-electron chi connectivity index (χ1n) is 5.67. The van der Waals surface area contributed by atoms with Gasteiger partial charge in [-0.1, -0.05) is 11.6 Å². The minimum absolute atomic E-state index is 0.106. The maximum absolute atomic E-state index is 12.1. The maximum atomic E-state index is 12.1. The van der Waals surface area contributed by atoms with E-state index in [9.17, 15) is 4.79 Å². The van der Waals surface area contributed by atoms with Gasteiger partial charge in [0.2, 0.25) is 0 Å². The van der Waals surface area contributed by atoms with Crippen LogP contribution in [0.25, 0.3) is 0 Å². The summed E-state index contributed by atoms with van der Waals surface area (Å²) in [5.74, 6) is -0.106. The third-order valence-corrected chi connectivity index (χ3v) is 2.71. The molecule has 0 unspecified atom stereocenters. The fourth-order valence-electron chi connectivity index (χ4n) is 1.43. The lowest BCUT2D eigenvalue weighted by atomic mass is 10.2. The molecular weight excluding hydrogens is 240 g/mol. The number of hydrogen-bond acceptors (Lipinski definition) is 3. The molecule has 0 N–H and O–H groups in total. The zero-order valence-corrected chi connectivity index (χ0v) is 10.9. The number of pyridine rings is 1. The van der Waals surface area contributed by atoms with E-state index < -0.39 is 0 Å². The Bertz CT molecular complexity index is 371. The molecule has 1 heterocycles. The van der Waals surface area contributed by atoms with Crippen molar-refractivity contribution in [3.63, 3.8) is 0 Å². The van der Waals surface area contributed by atoms with Crippen molar-refractivity contribution < 1.29 is 9.53 Å². The molecule has 0 aliphatic rings. The van der Waals surface area contributed by atoms with Crippen LogP contribution in [0.15, 0.2) is 18.5 Å². The second kappa shape index (κ2) is 7.25. The van der Waals surface area contributed by atoms with Crippen molar-refractivity contribution in [2.45, 2.75) is 13.8 Å². The number of halogens is 1. The van der Waals surface area contributed by atoms with Crippen molar-refractivity contribution >= 4 is 17.5 Å². The molecule has 0 aliphatic heterocycles. The van der Waals surface area contributed by atoms with Gasteiger partial charge in [-0.25, -0.2) is 0 Å². The minimum atomic E-state index is -0.106. The van der Waals surface area contributed by atoms with E-state index in [1.165, 1.54) is 6.20 Å². The van der Waals surface area contributed by atoms with E-state index in [-0.39, 0.29) is 5.91 Å². The highest BCUT2D eigenvalue weighted by Crippen LogP contribution is 2.15. The van der Waals surface area contributed by atoms with Crippen LogP contribution in [-0.2, 0) is 4.74 Å². The standard InChI is InChI=1S/C12H17ClN2O2/c1-3-15(7-8-17-4-2)12(16)10-9-14-6-5-11(10)13/h5-6,9H,3-4,7-8H2,1-2H3. The summed E-state index contributed by atoms with van der Waals surface area (Å²) in [4.78, 5) is 17.7. The smallest absolute Gasteiger partial charge is 0.257 e. The van der Waals surface area contributed by atoms with Gasteiger partial charge >= 0.3 is 0 Å². The van der Waals surface area contributed by atoms with E-state index in [1.54, 1.807) is 17.2 Å². The molecule has 94 valence electrons. The summed E-state index contributed by atoms with van der Waals surface area (Å²) in [6.45, 7) is 6.23. The summed E-state index contributed by atoms with van der Waals surface area (Å²) >= 11 is 5.96. The second-order valence-electron chi connectivity index (χ2n) is 3.44. The first-order valence-corrected chi connectivity index (χ1v) is 6.05. The van der Waals surface area contributed by atoms with Crippen molar-refractivity contribution in [2.24, 2.45) is 0 Å². The van der Waals surface area contributed by atoms with Crippen LogP contribution < -0.4 is 0 Å². The Labute approximate surface area is 107 Å². The van der Waals surface area contributed by atoms with Gasteiger partial charge in [-0.2, -0.15) is 0 Å². The lowest BCUT2D eigenvalue weighted by molar-refractivity contribution is 0.0669. The van der Waals surface area contributed by atoms with E-state index in [2.05, 4.69) is 4.98 Å². The molecule has 0 aliphatic carbocycles. The number of amides is 1.